The number of aromatic nitrogens is 1. The van der Waals surface area contributed by atoms with Crippen LogP contribution in [-0.4, -0.2) is 25.3 Å². The van der Waals surface area contributed by atoms with Gasteiger partial charge in [0.2, 0.25) is 5.88 Å². The molecule has 0 saturated carbocycles. The van der Waals surface area contributed by atoms with Crippen LogP contribution in [0.15, 0.2) is 36.5 Å². The lowest BCUT2D eigenvalue weighted by Crippen LogP contribution is -2.05. The molecule has 0 atom stereocenters. The Bertz CT molecular complexity index is 578. The molecule has 0 aliphatic heterocycles. The van der Waals surface area contributed by atoms with E-state index in [1.807, 2.05) is 6.07 Å². The Hall–Kier alpha value is -1.85. The number of nitrogens with one attached hydrogen (secondary N) is 1. The second-order valence-corrected chi connectivity index (χ2v) is 4.74. The summed E-state index contributed by atoms with van der Waals surface area (Å²) in [4.78, 5) is 4.17. The number of ether oxygens (including phenoxy) is 2. The zero-order chi connectivity index (χ0) is 15.1. The number of methoxy groups -OCH3 is 1. The maximum atomic E-state index is 13.0. The van der Waals surface area contributed by atoms with Gasteiger partial charge in [-0.15, -0.1) is 0 Å². The molecule has 6 heteroatoms. The van der Waals surface area contributed by atoms with Gasteiger partial charge in [-0.3, -0.25) is 0 Å². The maximum absolute atomic E-state index is 13.0. The van der Waals surface area contributed by atoms with Gasteiger partial charge in [-0.05, 0) is 23.8 Å². The molecule has 0 aliphatic carbocycles. The van der Waals surface area contributed by atoms with Crippen LogP contribution in [0, 0.1) is 5.82 Å². The highest BCUT2D eigenvalue weighted by Crippen LogP contribution is 2.17. The predicted octanol–water partition coefficient (Wildman–Crippen LogP) is 3.51. The van der Waals surface area contributed by atoms with Crippen LogP contribution in [0.1, 0.15) is 5.56 Å². The monoisotopic (exact) mass is 310 g/mol. The SMILES string of the molecule is COCCOc1ccc(NCc2ccc(F)c(Cl)c2)cn1. The summed E-state index contributed by atoms with van der Waals surface area (Å²) < 4.78 is 23.3. The minimum absolute atomic E-state index is 0.120. The Morgan fingerprint density at radius 3 is 2.76 bits per heavy atom. The van der Waals surface area contributed by atoms with Crippen molar-refractivity contribution < 1.29 is 13.9 Å². The standard InChI is InChI=1S/C15H16ClFN2O2/c1-20-6-7-21-15-5-3-12(10-19-15)18-9-11-2-4-14(17)13(16)8-11/h2-5,8,10,18H,6-7,9H2,1H3. The molecular formula is C15H16ClFN2O2. The smallest absolute Gasteiger partial charge is 0.213 e. The molecule has 0 bridgehead atoms. The van der Waals surface area contributed by atoms with Crippen molar-refractivity contribution in [3.63, 3.8) is 0 Å². The molecule has 1 heterocycles. The number of hydrogen-bond donors (Lipinski definition) is 1. The first-order chi connectivity index (χ1) is 10.2. The number of anilines is 1. The molecule has 0 saturated heterocycles. The largest absolute Gasteiger partial charge is 0.475 e. The Kier molecular flexibility index (Phi) is 5.78. The summed E-state index contributed by atoms with van der Waals surface area (Å²) in [6, 6.07) is 8.27. The molecule has 1 aromatic heterocycles. The van der Waals surface area contributed by atoms with E-state index in [2.05, 4.69) is 10.3 Å². The average molecular weight is 311 g/mol. The molecule has 0 fully saturated rings. The number of halogens is 2. The first-order valence-electron chi connectivity index (χ1n) is 6.44. The third kappa shape index (κ3) is 4.88. The van der Waals surface area contributed by atoms with E-state index in [4.69, 9.17) is 21.1 Å². The summed E-state index contributed by atoms with van der Waals surface area (Å²) in [5, 5.41) is 3.30. The number of rotatable bonds is 7. The lowest BCUT2D eigenvalue weighted by atomic mass is 10.2. The van der Waals surface area contributed by atoms with Crippen LogP contribution >= 0.6 is 11.6 Å². The number of hydrogen-bond acceptors (Lipinski definition) is 4. The van der Waals surface area contributed by atoms with Crippen molar-refractivity contribution in [2.45, 2.75) is 6.54 Å². The molecule has 112 valence electrons. The van der Waals surface area contributed by atoms with Crippen molar-refractivity contribution in [2.24, 2.45) is 0 Å². The second-order valence-electron chi connectivity index (χ2n) is 4.33. The summed E-state index contributed by atoms with van der Waals surface area (Å²) in [5.41, 5.74) is 1.73. The van der Waals surface area contributed by atoms with Gasteiger partial charge in [0.1, 0.15) is 12.4 Å². The quantitative estimate of drug-likeness (QED) is 0.795. The van der Waals surface area contributed by atoms with Crippen molar-refractivity contribution in [1.82, 2.24) is 4.98 Å². The van der Waals surface area contributed by atoms with Crippen LogP contribution in [0.25, 0.3) is 0 Å². The van der Waals surface area contributed by atoms with Gasteiger partial charge in [-0.2, -0.15) is 0 Å². The summed E-state index contributed by atoms with van der Waals surface area (Å²) in [6.45, 7) is 1.52. The fourth-order valence-corrected chi connectivity index (χ4v) is 1.86. The lowest BCUT2D eigenvalue weighted by Gasteiger charge is -2.08. The summed E-state index contributed by atoms with van der Waals surface area (Å²) in [6.07, 6.45) is 1.67. The maximum Gasteiger partial charge on any atom is 0.213 e. The van der Waals surface area contributed by atoms with E-state index in [-0.39, 0.29) is 5.02 Å². The first-order valence-corrected chi connectivity index (χ1v) is 6.82. The number of pyridine rings is 1. The molecule has 0 radical (unpaired) electrons. The Morgan fingerprint density at radius 1 is 1.24 bits per heavy atom. The van der Waals surface area contributed by atoms with E-state index in [1.165, 1.54) is 6.07 Å². The lowest BCUT2D eigenvalue weighted by molar-refractivity contribution is 0.144. The van der Waals surface area contributed by atoms with Crippen molar-refractivity contribution in [3.05, 3.63) is 52.9 Å². The highest BCUT2D eigenvalue weighted by atomic mass is 35.5. The molecule has 2 aromatic rings. The van der Waals surface area contributed by atoms with E-state index in [0.29, 0.717) is 25.6 Å². The minimum Gasteiger partial charge on any atom is -0.475 e. The van der Waals surface area contributed by atoms with Crippen molar-refractivity contribution in [1.29, 1.82) is 0 Å². The van der Waals surface area contributed by atoms with Gasteiger partial charge >= 0.3 is 0 Å². The fraction of sp³-hybridized carbons (Fsp3) is 0.267. The molecule has 0 amide bonds. The molecule has 1 N–H and O–H groups in total. The highest BCUT2D eigenvalue weighted by Gasteiger charge is 2.01. The summed E-state index contributed by atoms with van der Waals surface area (Å²) in [5.74, 6) is 0.127. The summed E-state index contributed by atoms with van der Waals surface area (Å²) >= 11 is 5.73. The van der Waals surface area contributed by atoms with Gasteiger partial charge in [0.25, 0.3) is 0 Å². The molecule has 21 heavy (non-hydrogen) atoms. The van der Waals surface area contributed by atoms with E-state index in [1.54, 1.807) is 31.5 Å². The normalized spacial score (nSPS) is 10.4. The van der Waals surface area contributed by atoms with Crippen LogP contribution in [0.4, 0.5) is 10.1 Å². The number of nitrogens with zero attached hydrogens (tertiary/aromatic N) is 1. The molecule has 0 aliphatic rings. The van der Waals surface area contributed by atoms with Gasteiger partial charge in [0, 0.05) is 19.7 Å². The minimum atomic E-state index is -0.417. The van der Waals surface area contributed by atoms with Crippen LogP contribution < -0.4 is 10.1 Å². The topological polar surface area (TPSA) is 43.4 Å². The third-order valence-electron chi connectivity index (χ3n) is 2.75. The molecule has 0 spiro atoms. The molecule has 2 rings (SSSR count). The summed E-state index contributed by atoms with van der Waals surface area (Å²) in [7, 11) is 1.62. The van der Waals surface area contributed by atoms with Crippen LogP contribution in [0.3, 0.4) is 0 Å². The van der Waals surface area contributed by atoms with Gasteiger partial charge in [-0.25, -0.2) is 9.37 Å². The molecule has 4 nitrogen and oxygen atoms in total. The van der Waals surface area contributed by atoms with Crippen LogP contribution in [-0.2, 0) is 11.3 Å². The average Bonchev–Trinajstić information content (AvgIpc) is 2.50. The molecule has 1 aromatic carbocycles. The third-order valence-corrected chi connectivity index (χ3v) is 3.04. The van der Waals surface area contributed by atoms with E-state index >= 15 is 0 Å². The Morgan fingerprint density at radius 2 is 2.10 bits per heavy atom. The van der Waals surface area contributed by atoms with Crippen LogP contribution in [0.2, 0.25) is 5.02 Å². The van der Waals surface area contributed by atoms with Crippen molar-refractivity contribution >= 4 is 17.3 Å². The van der Waals surface area contributed by atoms with Gasteiger partial charge in [-0.1, -0.05) is 17.7 Å². The molecule has 0 unspecified atom stereocenters. The van der Waals surface area contributed by atoms with Gasteiger partial charge in [0.05, 0.1) is 23.5 Å². The van der Waals surface area contributed by atoms with E-state index in [9.17, 15) is 4.39 Å². The Labute approximate surface area is 127 Å². The zero-order valence-corrected chi connectivity index (χ0v) is 12.4. The fourth-order valence-electron chi connectivity index (χ4n) is 1.65. The van der Waals surface area contributed by atoms with Crippen molar-refractivity contribution in [2.75, 3.05) is 25.6 Å². The van der Waals surface area contributed by atoms with Gasteiger partial charge in [0.15, 0.2) is 0 Å². The molecular weight excluding hydrogens is 295 g/mol. The number of benzene rings is 1. The van der Waals surface area contributed by atoms with E-state index < -0.39 is 5.82 Å². The van der Waals surface area contributed by atoms with E-state index in [0.717, 1.165) is 11.3 Å². The predicted molar refractivity (Wildman–Crippen MR) is 80.3 cm³/mol. The van der Waals surface area contributed by atoms with Gasteiger partial charge < -0.3 is 14.8 Å². The zero-order valence-electron chi connectivity index (χ0n) is 11.6. The Balaban J connectivity index is 1.86. The van der Waals surface area contributed by atoms with Crippen molar-refractivity contribution in [3.8, 4) is 5.88 Å². The second kappa shape index (κ2) is 7.81. The van der Waals surface area contributed by atoms with Crippen LogP contribution in [0.5, 0.6) is 5.88 Å². The first kappa shape index (κ1) is 15.5. The highest BCUT2D eigenvalue weighted by molar-refractivity contribution is 6.30.